The fraction of sp³-hybridized carbons (Fsp3) is 0.364. The summed E-state index contributed by atoms with van der Waals surface area (Å²) in [5.41, 5.74) is 7.98. The smallest absolute Gasteiger partial charge is 0.389 e. The molecule has 0 fully saturated rings. The molecule has 2 aromatic rings. The predicted molar refractivity (Wildman–Crippen MR) is 137 cm³/mol. The zero-order valence-corrected chi connectivity index (χ0v) is 21.8. The van der Waals surface area contributed by atoms with E-state index in [9.17, 15) is 31.1 Å². The lowest BCUT2D eigenvalue weighted by molar-refractivity contribution is -0.116. The molecule has 0 spiro atoms. The van der Waals surface area contributed by atoms with Crippen molar-refractivity contribution in [1.82, 2.24) is 9.99 Å². The number of carbonyl (C=O) groups excluding carboxylic acids is 1. The van der Waals surface area contributed by atoms with E-state index < -0.39 is 40.8 Å². The Hall–Kier alpha value is -3.34. The van der Waals surface area contributed by atoms with Gasteiger partial charge in [0, 0.05) is 19.0 Å². The highest BCUT2D eigenvalue weighted by atomic mass is 32.2. The number of oxime groups is 1. The van der Waals surface area contributed by atoms with Gasteiger partial charge in [0.25, 0.3) is 0 Å². The molecule has 39 heavy (non-hydrogen) atoms. The molecule has 0 saturated carbocycles. The number of benzene rings is 1. The Morgan fingerprint density at radius 2 is 1.67 bits per heavy atom. The average molecular weight is 596 g/mol. The van der Waals surface area contributed by atoms with E-state index in [1.807, 2.05) is 0 Å². The number of nitrogens with one attached hydrogen (secondary N) is 3. The van der Waals surface area contributed by atoms with Crippen LogP contribution in [-0.4, -0.2) is 62.9 Å². The molecule has 0 radical (unpaired) electrons. The molecular weight excluding hydrogens is 572 g/mol. The minimum atomic E-state index is -4.60. The van der Waals surface area contributed by atoms with E-state index in [0.29, 0.717) is 5.56 Å². The lowest BCUT2D eigenvalue weighted by atomic mass is 10.1. The number of hydrogen-bond acceptors (Lipinski definition) is 9. The van der Waals surface area contributed by atoms with Gasteiger partial charge in [-0.3, -0.25) is 10.2 Å². The summed E-state index contributed by atoms with van der Waals surface area (Å²) >= 11 is 0.424. The summed E-state index contributed by atoms with van der Waals surface area (Å²) in [6.45, 7) is -0.208. The van der Waals surface area contributed by atoms with Crippen LogP contribution in [0.5, 0.6) is 0 Å². The number of halogens is 6. The summed E-state index contributed by atoms with van der Waals surface area (Å²) in [4.78, 5) is 21.8. The minimum absolute atomic E-state index is 0.00855. The maximum Gasteiger partial charge on any atom is 0.397 e. The summed E-state index contributed by atoms with van der Waals surface area (Å²) in [7, 11) is 1.38. The monoisotopic (exact) mass is 595 g/mol. The topological polar surface area (TPSA) is 127 Å². The van der Waals surface area contributed by atoms with E-state index in [2.05, 4.69) is 20.7 Å². The molecule has 0 bridgehead atoms. The van der Waals surface area contributed by atoms with Gasteiger partial charge in [-0.05, 0) is 12.1 Å². The van der Waals surface area contributed by atoms with Gasteiger partial charge in [0.15, 0.2) is 18.2 Å². The Morgan fingerprint density at radius 3 is 2.23 bits per heavy atom. The van der Waals surface area contributed by atoms with Crippen molar-refractivity contribution in [2.45, 2.75) is 30.0 Å². The van der Waals surface area contributed by atoms with Crippen LogP contribution in [0.3, 0.4) is 0 Å². The largest absolute Gasteiger partial charge is 0.397 e. The molecule has 0 aliphatic carbocycles. The van der Waals surface area contributed by atoms with Crippen LogP contribution in [-0.2, 0) is 16.2 Å². The van der Waals surface area contributed by atoms with Crippen molar-refractivity contribution in [3.63, 3.8) is 0 Å². The second-order valence-corrected chi connectivity index (χ2v) is 10.3. The van der Waals surface area contributed by atoms with Crippen LogP contribution in [0, 0.1) is 10.9 Å². The van der Waals surface area contributed by atoms with Gasteiger partial charge in [0.2, 0.25) is 5.91 Å². The zero-order valence-electron chi connectivity index (χ0n) is 20.2. The highest BCUT2D eigenvalue weighted by molar-refractivity contribution is 8.17. The van der Waals surface area contributed by atoms with Crippen LogP contribution in [0.2, 0.25) is 0 Å². The van der Waals surface area contributed by atoms with Crippen molar-refractivity contribution in [2.75, 3.05) is 23.9 Å². The van der Waals surface area contributed by atoms with Gasteiger partial charge >= 0.3 is 12.4 Å². The number of nitrogens with zero attached hydrogens (tertiary/aromatic N) is 4. The van der Waals surface area contributed by atoms with Gasteiger partial charge in [-0.2, -0.15) is 31.9 Å². The molecular formula is C22H23F6N7O2S2. The molecule has 9 nitrogen and oxygen atoms in total. The van der Waals surface area contributed by atoms with Crippen molar-refractivity contribution in [2.24, 2.45) is 10.4 Å². The number of thioether (sulfide) groups is 2. The average Bonchev–Trinajstić information content (AvgIpc) is 2.87. The molecule has 0 aliphatic rings. The number of hydrogen-bond donors (Lipinski definition) is 3. The molecule has 1 amide bonds. The van der Waals surface area contributed by atoms with E-state index in [-0.39, 0.29) is 53.2 Å². The number of aromatic nitrogens is 1. The molecule has 0 atom stereocenters. The third-order valence-electron chi connectivity index (χ3n) is 4.41. The Balaban J connectivity index is 2.05. The van der Waals surface area contributed by atoms with Crippen LogP contribution in [0.25, 0.3) is 0 Å². The van der Waals surface area contributed by atoms with E-state index in [4.69, 9.17) is 15.8 Å². The number of anilines is 1. The van der Waals surface area contributed by atoms with E-state index in [1.54, 1.807) is 30.3 Å². The first kappa shape index (κ1) is 31.9. The second kappa shape index (κ2) is 14.7. The van der Waals surface area contributed by atoms with Crippen LogP contribution in [0.4, 0.5) is 32.2 Å². The molecule has 0 aliphatic heterocycles. The van der Waals surface area contributed by atoms with E-state index >= 15 is 0 Å². The summed E-state index contributed by atoms with van der Waals surface area (Å²) in [5.74, 6) is -3.80. The summed E-state index contributed by atoms with van der Waals surface area (Å²) in [6, 6.07) is 13.0. The van der Waals surface area contributed by atoms with Crippen molar-refractivity contribution in [1.29, 1.82) is 10.9 Å². The van der Waals surface area contributed by atoms with Gasteiger partial charge in [-0.25, -0.2) is 9.99 Å². The molecule has 1 aromatic carbocycles. The van der Waals surface area contributed by atoms with Crippen LogP contribution in [0.1, 0.15) is 17.7 Å². The number of likely N-dealkylation sites (N-methyl/N-ethyl adjacent to an activating group) is 1. The fourth-order valence-electron chi connectivity index (χ4n) is 2.71. The first-order valence-corrected chi connectivity index (χ1v) is 12.9. The summed E-state index contributed by atoms with van der Waals surface area (Å²) in [5, 5.41) is 18.6. The maximum absolute atomic E-state index is 12.6. The number of alkyl halides is 6. The van der Waals surface area contributed by atoms with Crippen molar-refractivity contribution in [3.8, 4) is 0 Å². The number of pyridine rings is 1. The number of carbonyl (C=O) groups is 1. The first-order valence-electron chi connectivity index (χ1n) is 10.9. The molecule has 2 rings (SSSR count). The van der Waals surface area contributed by atoms with Crippen LogP contribution < -0.4 is 5.32 Å². The molecule has 1 heterocycles. The van der Waals surface area contributed by atoms with E-state index in [0.717, 1.165) is 5.01 Å². The highest BCUT2D eigenvalue weighted by Crippen LogP contribution is 2.35. The third-order valence-corrected chi connectivity index (χ3v) is 7.29. The normalized spacial score (nSPS) is 12.3. The standard InChI is InChI=1S/C22H23F6N7O2S2/c1-35(34-30)20(29)19(14-6-3-2-4-7-14)33-37-11-15-8-5-9-16(31-15)32-17(36)10-18(38-12-21(23,24)25)39-13-22(26,27)28/h2-9,18,29-30H,10-13H2,1H3,(H,31,32,36)/b29-20?,33-19-,34-30?. The SMILES string of the molecule is CN(N=N)C(=N)/C(=N\OCc1cccc(NC(=O)CC(SCC(F)(F)F)SCC(F)(F)F)n1)c1ccccc1. The molecule has 0 unspecified atom stereocenters. The number of amides is 1. The van der Waals surface area contributed by atoms with Crippen LogP contribution >= 0.6 is 23.5 Å². The van der Waals surface area contributed by atoms with Gasteiger partial charge in [0.05, 0.1) is 21.8 Å². The Bertz CT molecular complexity index is 1130. The summed E-state index contributed by atoms with van der Waals surface area (Å²) < 4.78 is 74.1. The molecule has 17 heteroatoms. The van der Waals surface area contributed by atoms with Gasteiger partial charge in [-0.1, -0.05) is 46.8 Å². The second-order valence-electron chi connectivity index (χ2n) is 7.60. The minimum Gasteiger partial charge on any atom is -0.389 e. The quantitative estimate of drug-likeness (QED) is 0.0641. The molecule has 3 N–H and O–H groups in total. The maximum atomic E-state index is 12.6. The van der Waals surface area contributed by atoms with Gasteiger partial charge in [-0.15, -0.1) is 23.5 Å². The zero-order chi connectivity index (χ0) is 29.1. The molecule has 0 saturated heterocycles. The predicted octanol–water partition coefficient (Wildman–Crippen LogP) is 6.10. The lowest BCUT2D eigenvalue weighted by Gasteiger charge is -2.18. The number of rotatable bonds is 13. The van der Waals surface area contributed by atoms with Crippen molar-refractivity contribution >= 4 is 46.8 Å². The third kappa shape index (κ3) is 12.4. The lowest BCUT2D eigenvalue weighted by Crippen LogP contribution is -2.29. The van der Waals surface area contributed by atoms with Crippen LogP contribution in [0.15, 0.2) is 58.9 Å². The fourth-order valence-corrected chi connectivity index (χ4v) is 4.79. The highest BCUT2D eigenvalue weighted by Gasteiger charge is 2.33. The van der Waals surface area contributed by atoms with Gasteiger partial charge < -0.3 is 10.2 Å². The number of amidine groups is 1. The summed E-state index contributed by atoms with van der Waals surface area (Å²) in [6.07, 6.45) is -9.80. The van der Waals surface area contributed by atoms with Crippen molar-refractivity contribution < 1.29 is 36.0 Å². The van der Waals surface area contributed by atoms with E-state index in [1.165, 1.54) is 25.2 Å². The Morgan fingerprint density at radius 1 is 1.05 bits per heavy atom. The van der Waals surface area contributed by atoms with Crippen molar-refractivity contribution in [3.05, 3.63) is 59.8 Å². The first-order chi connectivity index (χ1) is 18.3. The Kier molecular flexibility index (Phi) is 12.0. The Labute approximate surface area is 227 Å². The van der Waals surface area contributed by atoms with Gasteiger partial charge in [0.1, 0.15) is 5.82 Å². The molecule has 1 aromatic heterocycles. The molecule has 212 valence electrons.